The van der Waals surface area contributed by atoms with Crippen LogP contribution >= 0.6 is 0 Å². The summed E-state index contributed by atoms with van der Waals surface area (Å²) >= 11 is 0. The summed E-state index contributed by atoms with van der Waals surface area (Å²) < 4.78 is 5.14. The number of aromatic amines is 1. The van der Waals surface area contributed by atoms with Gasteiger partial charge in [0.1, 0.15) is 0 Å². The molecule has 0 fully saturated rings. The van der Waals surface area contributed by atoms with Crippen LogP contribution in [0.4, 0.5) is 0 Å². The number of rotatable bonds is 3. The normalized spacial score (nSPS) is 14.4. The number of nitrogens with one attached hydrogen (secondary N) is 1. The van der Waals surface area contributed by atoms with Crippen LogP contribution < -0.4 is 5.56 Å². The number of aromatic nitrogens is 3. The Morgan fingerprint density at radius 3 is 3.05 bits per heavy atom. The highest BCUT2D eigenvalue weighted by Crippen LogP contribution is 2.21. The molecule has 0 aromatic carbocycles. The van der Waals surface area contributed by atoms with E-state index in [9.17, 15) is 4.79 Å². The summed E-state index contributed by atoms with van der Waals surface area (Å²) in [6.45, 7) is 2.05. The van der Waals surface area contributed by atoms with Gasteiger partial charge in [0, 0.05) is 12.1 Å². The molecule has 0 spiro atoms. The lowest BCUT2D eigenvalue weighted by molar-refractivity contribution is 0.378. The first-order valence-corrected chi connectivity index (χ1v) is 6.86. The van der Waals surface area contributed by atoms with Crippen LogP contribution in [0.5, 0.6) is 0 Å². The number of fused-ring (bicyclic) bond motifs is 1. The fraction of sp³-hybridized carbons (Fsp3) is 0.500. The van der Waals surface area contributed by atoms with Crippen LogP contribution in [0, 0.1) is 0 Å². The van der Waals surface area contributed by atoms with Crippen LogP contribution in [0.15, 0.2) is 15.4 Å². The minimum atomic E-state index is -0.121. The smallest absolute Gasteiger partial charge is 0.259 e. The second-order valence-corrected chi connectivity index (χ2v) is 4.98. The monoisotopic (exact) mass is 259 g/mol. The molecule has 100 valence electrons. The van der Waals surface area contributed by atoms with Crippen molar-refractivity contribution in [2.24, 2.45) is 0 Å². The average molecular weight is 259 g/mol. The van der Waals surface area contributed by atoms with Gasteiger partial charge in [-0.25, -0.2) is 0 Å². The molecule has 0 radical (unpaired) electrons. The fourth-order valence-electron chi connectivity index (χ4n) is 2.52. The first kappa shape index (κ1) is 12.1. The third-order valence-electron chi connectivity index (χ3n) is 3.51. The summed E-state index contributed by atoms with van der Waals surface area (Å²) in [5, 5.41) is 3.91. The molecular formula is C14H17N3O2. The first-order valence-electron chi connectivity index (χ1n) is 6.86. The zero-order chi connectivity index (χ0) is 13.2. The van der Waals surface area contributed by atoms with Gasteiger partial charge in [0.05, 0.1) is 5.56 Å². The molecule has 2 aromatic rings. The Bertz CT molecular complexity index is 642. The minimum absolute atomic E-state index is 0.121. The van der Waals surface area contributed by atoms with Gasteiger partial charge in [-0.05, 0) is 43.7 Å². The molecule has 1 N–H and O–H groups in total. The average Bonchev–Trinajstić information content (AvgIpc) is 2.87. The summed E-state index contributed by atoms with van der Waals surface area (Å²) in [5.41, 5.74) is 2.68. The SMILES string of the molecule is CCCc1nc(-c2cc3c([nH]c2=O)CCCC3)no1. The van der Waals surface area contributed by atoms with E-state index in [0.717, 1.165) is 37.8 Å². The molecule has 0 aliphatic heterocycles. The molecule has 0 saturated carbocycles. The lowest BCUT2D eigenvalue weighted by Gasteiger charge is -2.15. The Labute approximate surface area is 111 Å². The van der Waals surface area contributed by atoms with Crippen LogP contribution in [0.25, 0.3) is 11.4 Å². The molecule has 1 aliphatic carbocycles. The summed E-state index contributed by atoms with van der Waals surface area (Å²) in [5.74, 6) is 0.993. The molecule has 2 heterocycles. The Hall–Kier alpha value is -1.91. The van der Waals surface area contributed by atoms with Crippen molar-refractivity contribution in [2.75, 3.05) is 0 Å². The Morgan fingerprint density at radius 2 is 2.21 bits per heavy atom. The van der Waals surface area contributed by atoms with Gasteiger partial charge in [0.2, 0.25) is 11.7 Å². The zero-order valence-electron chi connectivity index (χ0n) is 11.0. The third-order valence-corrected chi connectivity index (χ3v) is 3.51. The van der Waals surface area contributed by atoms with Crippen LogP contribution in [0.3, 0.4) is 0 Å². The van der Waals surface area contributed by atoms with Crippen LogP contribution in [0.1, 0.15) is 43.3 Å². The van der Waals surface area contributed by atoms with E-state index in [1.54, 1.807) is 0 Å². The number of H-pyrrole nitrogens is 1. The molecule has 2 aromatic heterocycles. The molecule has 1 aliphatic rings. The number of pyridine rings is 1. The summed E-state index contributed by atoms with van der Waals surface area (Å²) in [4.78, 5) is 19.3. The molecule has 0 amide bonds. The maximum Gasteiger partial charge on any atom is 0.259 e. The third kappa shape index (κ3) is 2.32. The quantitative estimate of drug-likeness (QED) is 0.917. The Kier molecular flexibility index (Phi) is 3.19. The topological polar surface area (TPSA) is 71.8 Å². The molecule has 0 atom stereocenters. The second kappa shape index (κ2) is 4.99. The lowest BCUT2D eigenvalue weighted by atomic mass is 9.95. The molecule has 0 saturated heterocycles. The molecule has 0 bridgehead atoms. The van der Waals surface area contributed by atoms with Crippen molar-refractivity contribution in [1.29, 1.82) is 0 Å². The molecular weight excluding hydrogens is 242 g/mol. The van der Waals surface area contributed by atoms with E-state index in [2.05, 4.69) is 22.0 Å². The van der Waals surface area contributed by atoms with Crippen LogP contribution in [-0.4, -0.2) is 15.1 Å². The van der Waals surface area contributed by atoms with Crippen molar-refractivity contribution in [1.82, 2.24) is 15.1 Å². The van der Waals surface area contributed by atoms with Crippen molar-refractivity contribution in [3.05, 3.63) is 33.6 Å². The predicted molar refractivity (Wildman–Crippen MR) is 71.0 cm³/mol. The van der Waals surface area contributed by atoms with E-state index in [4.69, 9.17) is 4.52 Å². The van der Waals surface area contributed by atoms with Gasteiger partial charge in [0.25, 0.3) is 5.56 Å². The van der Waals surface area contributed by atoms with Gasteiger partial charge in [-0.1, -0.05) is 12.1 Å². The second-order valence-electron chi connectivity index (χ2n) is 4.98. The van der Waals surface area contributed by atoms with Crippen LogP contribution in [-0.2, 0) is 19.3 Å². The van der Waals surface area contributed by atoms with Gasteiger partial charge in [-0.3, -0.25) is 4.79 Å². The van der Waals surface area contributed by atoms with Crippen molar-refractivity contribution in [3.8, 4) is 11.4 Å². The molecule has 19 heavy (non-hydrogen) atoms. The predicted octanol–water partition coefficient (Wildman–Crippen LogP) is 2.26. The van der Waals surface area contributed by atoms with Crippen molar-refractivity contribution < 1.29 is 4.52 Å². The summed E-state index contributed by atoms with van der Waals surface area (Å²) in [7, 11) is 0. The molecule has 3 rings (SSSR count). The van der Waals surface area contributed by atoms with E-state index in [0.29, 0.717) is 17.3 Å². The molecule has 5 nitrogen and oxygen atoms in total. The first-order chi connectivity index (χ1) is 9.28. The summed E-state index contributed by atoms with van der Waals surface area (Å²) in [6, 6.07) is 1.92. The van der Waals surface area contributed by atoms with Gasteiger partial charge in [0.15, 0.2) is 0 Å². The highest BCUT2D eigenvalue weighted by molar-refractivity contribution is 5.54. The lowest BCUT2D eigenvalue weighted by Crippen LogP contribution is -2.17. The number of aryl methyl sites for hydroxylation is 3. The highest BCUT2D eigenvalue weighted by Gasteiger charge is 2.17. The van der Waals surface area contributed by atoms with E-state index in [-0.39, 0.29) is 5.56 Å². The standard InChI is InChI=1S/C14H17N3O2/c1-2-5-12-16-13(17-19-12)10-8-9-6-3-4-7-11(9)15-14(10)18/h8H,2-7H2,1H3,(H,15,18). The van der Waals surface area contributed by atoms with Gasteiger partial charge in [-0.15, -0.1) is 0 Å². The van der Waals surface area contributed by atoms with E-state index >= 15 is 0 Å². The minimum Gasteiger partial charge on any atom is -0.339 e. The van der Waals surface area contributed by atoms with Crippen LogP contribution in [0.2, 0.25) is 0 Å². The van der Waals surface area contributed by atoms with Gasteiger partial charge >= 0.3 is 0 Å². The molecule has 5 heteroatoms. The van der Waals surface area contributed by atoms with Gasteiger partial charge in [-0.2, -0.15) is 4.98 Å². The maximum absolute atomic E-state index is 12.1. The van der Waals surface area contributed by atoms with Crippen molar-refractivity contribution in [2.45, 2.75) is 45.4 Å². The summed E-state index contributed by atoms with van der Waals surface area (Å²) in [6.07, 6.45) is 5.98. The maximum atomic E-state index is 12.1. The fourth-order valence-corrected chi connectivity index (χ4v) is 2.52. The Balaban J connectivity index is 2.01. The van der Waals surface area contributed by atoms with Crippen molar-refractivity contribution in [3.63, 3.8) is 0 Å². The zero-order valence-corrected chi connectivity index (χ0v) is 11.0. The number of hydrogen-bond acceptors (Lipinski definition) is 4. The largest absolute Gasteiger partial charge is 0.339 e. The Morgan fingerprint density at radius 1 is 1.37 bits per heavy atom. The number of hydrogen-bond donors (Lipinski definition) is 1. The van der Waals surface area contributed by atoms with E-state index in [1.807, 2.05) is 6.07 Å². The van der Waals surface area contributed by atoms with E-state index < -0.39 is 0 Å². The van der Waals surface area contributed by atoms with Crippen molar-refractivity contribution >= 4 is 0 Å². The van der Waals surface area contributed by atoms with Gasteiger partial charge < -0.3 is 9.51 Å². The molecule has 0 unspecified atom stereocenters. The highest BCUT2D eigenvalue weighted by atomic mass is 16.5. The van der Waals surface area contributed by atoms with E-state index in [1.165, 1.54) is 12.0 Å². The number of nitrogens with zero attached hydrogens (tertiary/aromatic N) is 2.